The lowest BCUT2D eigenvalue weighted by Gasteiger charge is -2.14. The first-order valence-electron chi connectivity index (χ1n) is 10.4. The molecule has 0 aromatic heterocycles. The third-order valence-electron chi connectivity index (χ3n) is 4.80. The van der Waals surface area contributed by atoms with Crippen molar-refractivity contribution in [1.82, 2.24) is 4.90 Å². The fourth-order valence-electron chi connectivity index (χ4n) is 3.35. The van der Waals surface area contributed by atoms with E-state index in [-0.39, 0.29) is 23.7 Å². The molecule has 170 valence electrons. The lowest BCUT2D eigenvalue weighted by molar-refractivity contribution is -0.385. The number of nitro benzene ring substituents is 1. The number of thioether (sulfide) groups is 1. The highest BCUT2D eigenvalue weighted by Crippen LogP contribution is 2.41. The summed E-state index contributed by atoms with van der Waals surface area (Å²) in [6, 6.07) is 6.33. The average Bonchev–Trinajstić information content (AvgIpc) is 3.32. The van der Waals surface area contributed by atoms with E-state index in [1.165, 1.54) is 17.8 Å². The maximum absolute atomic E-state index is 12.9. The van der Waals surface area contributed by atoms with Gasteiger partial charge in [0.05, 0.1) is 16.6 Å². The van der Waals surface area contributed by atoms with E-state index in [0.29, 0.717) is 58.5 Å². The molecule has 2 aliphatic heterocycles. The minimum atomic E-state index is -0.459. The molecular weight excluding hydrogens is 452 g/mol. The number of allylic oxidation sites excluding steroid dienone is 1. The zero-order valence-corrected chi connectivity index (χ0v) is 19.5. The van der Waals surface area contributed by atoms with E-state index in [1.54, 1.807) is 29.2 Å². The zero-order chi connectivity index (χ0) is 23.3. The lowest BCUT2D eigenvalue weighted by Crippen LogP contribution is -2.29. The van der Waals surface area contributed by atoms with Gasteiger partial charge in [0.15, 0.2) is 0 Å². The third-order valence-corrected chi connectivity index (χ3v) is 6.28. The fraction of sp³-hybridized carbons (Fsp3) is 0.409. The van der Waals surface area contributed by atoms with Gasteiger partial charge in [-0.25, -0.2) is 0 Å². The Morgan fingerprint density at radius 2 is 2.06 bits per heavy atom. The third kappa shape index (κ3) is 5.74. The normalized spacial score (nSPS) is 18.2. The molecule has 32 heavy (non-hydrogen) atoms. The maximum atomic E-state index is 12.9. The van der Waals surface area contributed by atoms with Crippen molar-refractivity contribution in [3.63, 3.8) is 0 Å². The lowest BCUT2D eigenvalue weighted by atomic mass is 10.1. The van der Waals surface area contributed by atoms with E-state index in [9.17, 15) is 19.7 Å². The van der Waals surface area contributed by atoms with Crippen molar-refractivity contribution in [2.24, 2.45) is 0 Å². The average molecular weight is 477 g/mol. The van der Waals surface area contributed by atoms with Crippen LogP contribution in [0.1, 0.15) is 51.5 Å². The van der Waals surface area contributed by atoms with Gasteiger partial charge in [0.25, 0.3) is 11.6 Å². The largest absolute Gasteiger partial charge is 0.463 e. The Morgan fingerprint density at radius 3 is 2.78 bits per heavy atom. The van der Waals surface area contributed by atoms with Gasteiger partial charge < -0.3 is 9.47 Å². The molecule has 3 rings (SSSR count). The number of para-hydroxylation sites is 1. The van der Waals surface area contributed by atoms with Gasteiger partial charge in [0, 0.05) is 25.5 Å². The molecule has 2 aliphatic rings. The zero-order valence-electron chi connectivity index (χ0n) is 17.9. The molecule has 1 aromatic rings. The van der Waals surface area contributed by atoms with Gasteiger partial charge in [-0.2, -0.15) is 0 Å². The number of esters is 1. The summed E-state index contributed by atoms with van der Waals surface area (Å²) in [7, 11) is 0. The highest BCUT2D eigenvalue weighted by Gasteiger charge is 2.36. The van der Waals surface area contributed by atoms with Crippen LogP contribution in [-0.2, 0) is 19.1 Å². The minimum absolute atomic E-state index is 0.0511. The number of benzene rings is 1. The summed E-state index contributed by atoms with van der Waals surface area (Å²) >= 11 is 6.56. The van der Waals surface area contributed by atoms with E-state index in [2.05, 4.69) is 0 Å². The molecule has 10 heteroatoms. The molecule has 0 radical (unpaired) electrons. The van der Waals surface area contributed by atoms with Gasteiger partial charge in [-0.3, -0.25) is 24.6 Å². The topological polar surface area (TPSA) is 99.0 Å². The number of carbonyl (C=O) groups excluding carboxylic acids is 2. The van der Waals surface area contributed by atoms with E-state index >= 15 is 0 Å². The van der Waals surface area contributed by atoms with Crippen molar-refractivity contribution < 1.29 is 24.0 Å². The number of ether oxygens (including phenoxy) is 2. The molecule has 0 N–H and O–H groups in total. The van der Waals surface area contributed by atoms with Crippen LogP contribution in [0.2, 0.25) is 0 Å². The van der Waals surface area contributed by atoms with E-state index in [1.807, 2.05) is 13.8 Å². The summed E-state index contributed by atoms with van der Waals surface area (Å²) in [5, 5.41) is 11.3. The first kappa shape index (κ1) is 23.9. The van der Waals surface area contributed by atoms with Gasteiger partial charge in [0.1, 0.15) is 20.7 Å². The number of carbonyl (C=O) groups is 2. The number of nitro groups is 1. The summed E-state index contributed by atoms with van der Waals surface area (Å²) in [5.41, 5.74) is 0.323. The van der Waals surface area contributed by atoms with Gasteiger partial charge in [-0.1, -0.05) is 42.5 Å². The van der Waals surface area contributed by atoms with Crippen molar-refractivity contribution >= 4 is 51.6 Å². The SMILES string of the molecule is CC(C)OC(=O)CCCCCN1C(=O)C(=C2CC=C(c3ccccc3[N+](=O)[O-])O2)SC1=S. The molecule has 1 saturated heterocycles. The summed E-state index contributed by atoms with van der Waals surface area (Å²) in [6.07, 6.45) is 4.51. The minimum Gasteiger partial charge on any atom is -0.463 e. The second-order valence-electron chi connectivity index (χ2n) is 7.58. The predicted octanol–water partition coefficient (Wildman–Crippen LogP) is 4.94. The van der Waals surface area contributed by atoms with E-state index in [0.717, 1.165) is 6.42 Å². The summed E-state index contributed by atoms with van der Waals surface area (Å²) in [6.45, 7) is 4.09. The van der Waals surface area contributed by atoms with Crippen LogP contribution in [0.5, 0.6) is 0 Å². The molecule has 0 unspecified atom stereocenters. The maximum Gasteiger partial charge on any atom is 0.306 e. The molecule has 0 spiro atoms. The number of unbranched alkanes of at least 4 members (excludes halogenated alkanes) is 2. The highest BCUT2D eigenvalue weighted by molar-refractivity contribution is 8.26. The Bertz CT molecular complexity index is 1000. The van der Waals surface area contributed by atoms with Crippen LogP contribution >= 0.6 is 24.0 Å². The van der Waals surface area contributed by atoms with Gasteiger partial charge >= 0.3 is 5.97 Å². The number of amides is 1. The van der Waals surface area contributed by atoms with Crippen LogP contribution < -0.4 is 0 Å². The summed E-state index contributed by atoms with van der Waals surface area (Å²) in [5.74, 6) is 0.391. The van der Waals surface area contributed by atoms with Crippen molar-refractivity contribution in [1.29, 1.82) is 0 Å². The van der Waals surface area contributed by atoms with Crippen molar-refractivity contribution in [3.05, 3.63) is 56.7 Å². The Labute approximate surface area is 195 Å². The Kier molecular flexibility index (Phi) is 8.03. The molecule has 0 aliphatic carbocycles. The number of thiocarbonyl (C=S) groups is 1. The van der Waals surface area contributed by atoms with E-state index < -0.39 is 4.92 Å². The standard InChI is InChI=1S/C22H24N2O6S2/c1-14(2)29-19(25)10-4-3-7-13-23-21(26)20(32-22(23)31)18-12-11-17(30-18)15-8-5-6-9-16(15)24(27)28/h5-6,8-9,11,14H,3-4,7,10,12-13H2,1-2H3. The van der Waals surface area contributed by atoms with Gasteiger partial charge in [-0.15, -0.1) is 0 Å². The molecule has 2 heterocycles. The first-order chi connectivity index (χ1) is 15.3. The monoisotopic (exact) mass is 476 g/mol. The van der Waals surface area contributed by atoms with Crippen molar-refractivity contribution in [2.45, 2.75) is 52.1 Å². The fourth-order valence-corrected chi connectivity index (χ4v) is 4.66. The predicted molar refractivity (Wildman–Crippen MR) is 125 cm³/mol. The van der Waals surface area contributed by atoms with Crippen molar-refractivity contribution in [3.8, 4) is 0 Å². The van der Waals surface area contributed by atoms with E-state index in [4.69, 9.17) is 21.7 Å². The van der Waals surface area contributed by atoms with Crippen LogP contribution in [-0.4, -0.2) is 38.7 Å². The van der Waals surface area contributed by atoms with Gasteiger partial charge in [-0.05, 0) is 38.8 Å². The Balaban J connectivity index is 1.56. The number of nitrogens with zero attached hydrogens (tertiary/aromatic N) is 2. The number of hydrogen-bond donors (Lipinski definition) is 0. The Morgan fingerprint density at radius 1 is 1.31 bits per heavy atom. The smallest absolute Gasteiger partial charge is 0.306 e. The number of hydrogen-bond acceptors (Lipinski definition) is 8. The van der Waals surface area contributed by atoms with Crippen LogP contribution in [0.25, 0.3) is 5.76 Å². The summed E-state index contributed by atoms with van der Waals surface area (Å²) in [4.78, 5) is 37.3. The van der Waals surface area contributed by atoms with Crippen LogP contribution in [0.15, 0.2) is 41.0 Å². The molecular formula is C22H24N2O6S2. The quantitative estimate of drug-likeness (QED) is 0.123. The van der Waals surface area contributed by atoms with Gasteiger partial charge in [0.2, 0.25) is 0 Å². The second kappa shape index (κ2) is 10.7. The molecule has 1 aromatic carbocycles. The number of rotatable bonds is 9. The molecule has 0 saturated carbocycles. The first-order valence-corrected chi connectivity index (χ1v) is 11.6. The summed E-state index contributed by atoms with van der Waals surface area (Å²) < 4.78 is 11.4. The van der Waals surface area contributed by atoms with Crippen molar-refractivity contribution in [2.75, 3.05) is 6.54 Å². The highest BCUT2D eigenvalue weighted by atomic mass is 32.2. The molecule has 1 amide bonds. The molecule has 8 nitrogen and oxygen atoms in total. The molecule has 0 atom stereocenters. The second-order valence-corrected chi connectivity index (χ2v) is 9.22. The van der Waals surface area contributed by atoms with Crippen LogP contribution in [0, 0.1) is 10.1 Å². The molecule has 0 bridgehead atoms. The Hall–Kier alpha value is -2.72. The van der Waals surface area contributed by atoms with Crippen LogP contribution in [0.4, 0.5) is 5.69 Å². The molecule has 1 fully saturated rings. The van der Waals surface area contributed by atoms with Crippen LogP contribution in [0.3, 0.4) is 0 Å².